The highest BCUT2D eigenvalue weighted by Crippen LogP contribution is 2.14. The summed E-state index contributed by atoms with van der Waals surface area (Å²) in [6.07, 6.45) is 0.840. The molecule has 0 aliphatic heterocycles. The fourth-order valence-corrected chi connectivity index (χ4v) is 1.21. The first-order valence-electron chi connectivity index (χ1n) is 4.66. The molecule has 0 amide bonds. The molecule has 0 radical (unpaired) electrons. The second-order valence-electron chi connectivity index (χ2n) is 3.23. The molecule has 0 aliphatic rings. The quantitative estimate of drug-likeness (QED) is 0.600. The molecule has 0 saturated carbocycles. The van der Waals surface area contributed by atoms with Crippen molar-refractivity contribution in [3.8, 4) is 5.88 Å². The van der Waals surface area contributed by atoms with Gasteiger partial charge in [-0.3, -0.25) is 4.79 Å². The molecule has 1 unspecified atom stereocenters. The van der Waals surface area contributed by atoms with E-state index in [9.17, 15) is 9.90 Å². The number of aliphatic carboxylic acids is 1. The molecule has 15 heavy (non-hydrogen) atoms. The summed E-state index contributed by atoms with van der Waals surface area (Å²) >= 11 is 0. The van der Waals surface area contributed by atoms with Gasteiger partial charge in [0.2, 0.25) is 0 Å². The van der Waals surface area contributed by atoms with Gasteiger partial charge in [0, 0.05) is 13.0 Å². The topological polar surface area (TPSA) is 114 Å². The normalized spacial score (nSPS) is 12.7. The first-order chi connectivity index (χ1) is 7.06. The van der Waals surface area contributed by atoms with Crippen LogP contribution in [0.2, 0.25) is 0 Å². The van der Waals surface area contributed by atoms with E-state index in [1.54, 1.807) is 0 Å². The van der Waals surface area contributed by atoms with Gasteiger partial charge in [0.15, 0.2) is 0 Å². The lowest BCUT2D eigenvalue weighted by molar-refractivity contribution is -0.138. The number of carboxylic acid groups (broad SMARTS) is 1. The summed E-state index contributed by atoms with van der Waals surface area (Å²) in [5.74, 6) is -1.36. The van der Waals surface area contributed by atoms with Gasteiger partial charge in [0.05, 0.1) is 0 Å². The third-order valence-corrected chi connectivity index (χ3v) is 1.98. The van der Waals surface area contributed by atoms with Crippen molar-refractivity contribution < 1.29 is 15.0 Å². The molecule has 1 atom stereocenters. The van der Waals surface area contributed by atoms with Crippen LogP contribution in [0.25, 0.3) is 0 Å². The second kappa shape index (κ2) is 4.74. The van der Waals surface area contributed by atoms with Crippen LogP contribution in [0.3, 0.4) is 0 Å². The van der Waals surface area contributed by atoms with E-state index in [2.05, 4.69) is 10.3 Å². The summed E-state index contributed by atoms with van der Waals surface area (Å²) in [5.41, 5.74) is 5.73. The highest BCUT2D eigenvalue weighted by atomic mass is 16.4. The molecule has 7 heteroatoms. The Morgan fingerprint density at radius 3 is 2.87 bits per heavy atom. The van der Waals surface area contributed by atoms with E-state index >= 15 is 0 Å². The third-order valence-electron chi connectivity index (χ3n) is 1.98. The van der Waals surface area contributed by atoms with E-state index in [0.29, 0.717) is 12.2 Å². The molecule has 0 saturated heterocycles. The van der Waals surface area contributed by atoms with E-state index in [-0.39, 0.29) is 12.3 Å². The number of aromatic nitrogens is 3. The van der Waals surface area contributed by atoms with Crippen molar-refractivity contribution in [3.63, 3.8) is 0 Å². The lowest BCUT2D eigenvalue weighted by Crippen LogP contribution is -2.33. The Morgan fingerprint density at radius 2 is 2.33 bits per heavy atom. The van der Waals surface area contributed by atoms with Crippen molar-refractivity contribution >= 4 is 5.97 Å². The number of rotatable bonds is 5. The van der Waals surface area contributed by atoms with Gasteiger partial charge in [-0.25, -0.2) is 4.68 Å². The summed E-state index contributed by atoms with van der Waals surface area (Å²) in [6, 6.07) is -1.05. The molecule has 0 fully saturated rings. The summed E-state index contributed by atoms with van der Waals surface area (Å²) in [5, 5.41) is 25.1. The van der Waals surface area contributed by atoms with E-state index in [0.717, 1.165) is 6.42 Å². The number of hydrogen-bond donors (Lipinski definition) is 3. The Balaban J connectivity index is 2.82. The zero-order chi connectivity index (χ0) is 11.4. The zero-order valence-corrected chi connectivity index (χ0v) is 8.42. The van der Waals surface area contributed by atoms with Gasteiger partial charge in [-0.1, -0.05) is 17.2 Å². The Hall–Kier alpha value is -1.63. The van der Waals surface area contributed by atoms with Crippen LogP contribution < -0.4 is 5.73 Å². The summed E-state index contributed by atoms with van der Waals surface area (Å²) in [7, 11) is 0. The number of carboxylic acids is 1. The maximum atomic E-state index is 10.5. The molecule has 0 aliphatic carbocycles. The van der Waals surface area contributed by atoms with Crippen molar-refractivity contribution in [2.75, 3.05) is 0 Å². The van der Waals surface area contributed by atoms with Gasteiger partial charge in [-0.05, 0) is 6.42 Å². The summed E-state index contributed by atoms with van der Waals surface area (Å²) in [6.45, 7) is 2.52. The van der Waals surface area contributed by atoms with Gasteiger partial charge in [0.1, 0.15) is 11.7 Å². The predicted octanol–water partition coefficient (Wildman–Crippen LogP) is -0.652. The fraction of sp³-hybridized carbons (Fsp3) is 0.625. The lowest BCUT2D eigenvalue weighted by atomic mass is 10.2. The standard InChI is InChI=1S/C8H14N4O3/c1-2-3-12-6(7(13)10-11-12)4-5(9)8(14)15/h5,13H,2-4,9H2,1H3,(H,14,15). The van der Waals surface area contributed by atoms with Crippen LogP contribution in [-0.2, 0) is 17.8 Å². The number of hydrogen-bond acceptors (Lipinski definition) is 5. The molecule has 1 aromatic rings. The molecule has 4 N–H and O–H groups in total. The van der Waals surface area contributed by atoms with E-state index < -0.39 is 12.0 Å². The van der Waals surface area contributed by atoms with E-state index in [1.165, 1.54) is 4.68 Å². The zero-order valence-electron chi connectivity index (χ0n) is 8.42. The fourth-order valence-electron chi connectivity index (χ4n) is 1.21. The molecule has 1 aromatic heterocycles. The molecule has 1 heterocycles. The molecular weight excluding hydrogens is 200 g/mol. The van der Waals surface area contributed by atoms with E-state index in [1.807, 2.05) is 6.92 Å². The van der Waals surface area contributed by atoms with Crippen LogP contribution in [0.15, 0.2) is 0 Å². The minimum atomic E-state index is -1.11. The average Bonchev–Trinajstić information content (AvgIpc) is 2.50. The largest absolute Gasteiger partial charge is 0.491 e. The molecule has 7 nitrogen and oxygen atoms in total. The average molecular weight is 214 g/mol. The molecule has 0 bridgehead atoms. The van der Waals surface area contributed by atoms with Crippen LogP contribution in [0.1, 0.15) is 19.0 Å². The highest BCUT2D eigenvalue weighted by Gasteiger charge is 2.19. The summed E-state index contributed by atoms with van der Waals surface area (Å²) < 4.78 is 1.47. The first-order valence-corrected chi connectivity index (χ1v) is 4.66. The van der Waals surface area contributed by atoms with Crippen LogP contribution in [-0.4, -0.2) is 37.2 Å². The Bertz CT molecular complexity index is 350. The van der Waals surface area contributed by atoms with Crippen molar-refractivity contribution in [2.24, 2.45) is 5.73 Å². The number of aromatic hydroxyl groups is 1. The van der Waals surface area contributed by atoms with Gasteiger partial charge >= 0.3 is 5.97 Å². The minimum Gasteiger partial charge on any atom is -0.491 e. The van der Waals surface area contributed by atoms with Gasteiger partial charge < -0.3 is 15.9 Å². The monoisotopic (exact) mass is 214 g/mol. The maximum absolute atomic E-state index is 10.5. The molecule has 1 rings (SSSR count). The number of carbonyl (C=O) groups is 1. The van der Waals surface area contributed by atoms with Crippen LogP contribution in [0.4, 0.5) is 0 Å². The van der Waals surface area contributed by atoms with Crippen molar-refractivity contribution in [3.05, 3.63) is 5.69 Å². The number of nitrogens with zero attached hydrogens (tertiary/aromatic N) is 3. The molecular formula is C8H14N4O3. The minimum absolute atomic E-state index is 0.0220. The van der Waals surface area contributed by atoms with Crippen LogP contribution in [0.5, 0.6) is 5.88 Å². The van der Waals surface area contributed by atoms with Crippen LogP contribution in [0, 0.1) is 0 Å². The first kappa shape index (κ1) is 11.4. The summed E-state index contributed by atoms with van der Waals surface area (Å²) in [4.78, 5) is 10.5. The third kappa shape index (κ3) is 2.66. The molecule has 84 valence electrons. The van der Waals surface area contributed by atoms with E-state index in [4.69, 9.17) is 10.8 Å². The second-order valence-corrected chi connectivity index (χ2v) is 3.23. The van der Waals surface area contributed by atoms with Gasteiger partial charge in [-0.2, -0.15) is 0 Å². The van der Waals surface area contributed by atoms with Crippen molar-refractivity contribution in [2.45, 2.75) is 32.4 Å². The van der Waals surface area contributed by atoms with Crippen molar-refractivity contribution in [1.29, 1.82) is 0 Å². The lowest BCUT2D eigenvalue weighted by Gasteiger charge is -2.07. The SMILES string of the molecule is CCCn1nnc(O)c1CC(N)C(=O)O. The Morgan fingerprint density at radius 1 is 1.67 bits per heavy atom. The smallest absolute Gasteiger partial charge is 0.320 e. The Labute approximate surface area is 86.5 Å². The van der Waals surface area contributed by atoms with Gasteiger partial charge in [0.25, 0.3) is 5.88 Å². The Kier molecular flexibility index (Phi) is 3.62. The molecule has 0 aromatic carbocycles. The predicted molar refractivity (Wildman–Crippen MR) is 51.3 cm³/mol. The van der Waals surface area contributed by atoms with Gasteiger partial charge in [-0.15, -0.1) is 0 Å². The van der Waals surface area contributed by atoms with Crippen molar-refractivity contribution in [1.82, 2.24) is 15.0 Å². The maximum Gasteiger partial charge on any atom is 0.320 e. The number of aryl methyl sites for hydroxylation is 1. The number of nitrogens with two attached hydrogens (primary N) is 1. The molecule has 0 spiro atoms. The highest BCUT2D eigenvalue weighted by molar-refractivity contribution is 5.73. The van der Waals surface area contributed by atoms with Crippen LogP contribution >= 0.6 is 0 Å².